The van der Waals surface area contributed by atoms with Crippen molar-refractivity contribution in [2.75, 3.05) is 0 Å². The summed E-state index contributed by atoms with van der Waals surface area (Å²) in [5.41, 5.74) is 6.59. The van der Waals surface area contributed by atoms with Gasteiger partial charge in [-0.1, -0.05) is 40.8 Å². The van der Waals surface area contributed by atoms with Gasteiger partial charge in [-0.3, -0.25) is 4.79 Å². The molecule has 0 aliphatic heterocycles. The van der Waals surface area contributed by atoms with Crippen LogP contribution in [0.5, 0.6) is 0 Å². The number of benzene rings is 1. The number of halogens is 1. The maximum atomic E-state index is 10.9. The number of carbonyl (C=O) groups excluding carboxylic acids is 1. The Morgan fingerprint density at radius 3 is 2.67 bits per heavy atom. The lowest BCUT2D eigenvalue weighted by Gasteiger charge is -1.99. The number of hydrogen-bond acceptors (Lipinski definition) is 1. The van der Waals surface area contributed by atoms with Crippen LogP contribution in [0.2, 0.25) is 0 Å². The molecule has 1 aromatic rings. The van der Waals surface area contributed by atoms with Gasteiger partial charge in [-0.05, 0) is 21.8 Å². The fourth-order valence-corrected chi connectivity index (χ4v) is 1.32. The fraction of sp³-hybridized carbons (Fsp3) is 0. The molecule has 62 valence electrons. The molecular weight excluding hydrogens is 265 g/mol. The Morgan fingerprint density at radius 1 is 1.42 bits per heavy atom. The van der Waals surface area contributed by atoms with Crippen LogP contribution in [0.1, 0.15) is 15.9 Å². The van der Waals surface area contributed by atoms with Crippen LogP contribution in [0, 0.1) is 0 Å². The van der Waals surface area contributed by atoms with Gasteiger partial charge in [-0.25, -0.2) is 0 Å². The second-order valence-electron chi connectivity index (χ2n) is 2.24. The van der Waals surface area contributed by atoms with Gasteiger partial charge < -0.3 is 5.73 Å². The summed E-state index contributed by atoms with van der Waals surface area (Å²) in [5.74, 6) is -0.389. The lowest BCUT2D eigenvalue weighted by atomic mass is 10.1. The van der Waals surface area contributed by atoms with Gasteiger partial charge in [0.2, 0.25) is 5.91 Å². The van der Waals surface area contributed by atoms with E-state index in [1.54, 1.807) is 12.1 Å². The molecule has 0 unspecified atom stereocenters. The number of carbonyl (C=O) groups is 1. The highest BCUT2D eigenvalue weighted by Gasteiger charge is 2.02. The zero-order valence-corrected chi connectivity index (χ0v) is 8.49. The molecular formula is C9H8INO. The monoisotopic (exact) mass is 273 g/mol. The minimum Gasteiger partial charge on any atom is -0.366 e. The van der Waals surface area contributed by atoms with Crippen LogP contribution >= 0.6 is 22.6 Å². The van der Waals surface area contributed by atoms with Gasteiger partial charge in [0.15, 0.2) is 0 Å². The van der Waals surface area contributed by atoms with Crippen LogP contribution in [0.4, 0.5) is 0 Å². The fourth-order valence-electron chi connectivity index (χ4n) is 0.935. The highest BCUT2D eigenvalue weighted by atomic mass is 127. The predicted molar refractivity (Wildman–Crippen MR) is 58.0 cm³/mol. The number of amides is 1. The van der Waals surface area contributed by atoms with Crippen molar-refractivity contribution in [1.82, 2.24) is 0 Å². The second-order valence-corrected chi connectivity index (χ2v) is 2.96. The molecule has 0 saturated heterocycles. The van der Waals surface area contributed by atoms with Gasteiger partial charge in [0.05, 0.1) is 0 Å². The van der Waals surface area contributed by atoms with Crippen molar-refractivity contribution in [2.24, 2.45) is 5.73 Å². The molecule has 2 nitrogen and oxygen atoms in total. The SMILES string of the molecule is NC(=O)c1ccccc1/C=C\I. The topological polar surface area (TPSA) is 43.1 Å². The molecule has 0 fully saturated rings. The Kier molecular flexibility index (Phi) is 3.28. The van der Waals surface area contributed by atoms with Gasteiger partial charge in [-0.15, -0.1) is 0 Å². The average Bonchev–Trinajstić information content (AvgIpc) is 2.05. The van der Waals surface area contributed by atoms with Crippen molar-refractivity contribution in [3.05, 3.63) is 39.5 Å². The predicted octanol–water partition coefficient (Wildman–Crippen LogP) is 2.19. The molecule has 2 N–H and O–H groups in total. The molecule has 0 aromatic heterocycles. The van der Waals surface area contributed by atoms with Crippen molar-refractivity contribution in [2.45, 2.75) is 0 Å². The average molecular weight is 273 g/mol. The van der Waals surface area contributed by atoms with Crippen molar-refractivity contribution < 1.29 is 4.79 Å². The number of nitrogens with two attached hydrogens (primary N) is 1. The van der Waals surface area contributed by atoms with E-state index < -0.39 is 0 Å². The molecule has 1 aromatic carbocycles. The smallest absolute Gasteiger partial charge is 0.249 e. The second kappa shape index (κ2) is 4.25. The van der Waals surface area contributed by atoms with E-state index in [1.807, 2.05) is 22.3 Å². The van der Waals surface area contributed by atoms with E-state index >= 15 is 0 Å². The summed E-state index contributed by atoms with van der Waals surface area (Å²) in [7, 11) is 0. The maximum Gasteiger partial charge on any atom is 0.249 e. The van der Waals surface area contributed by atoms with Crippen molar-refractivity contribution >= 4 is 34.6 Å². The van der Waals surface area contributed by atoms with Crippen molar-refractivity contribution in [3.8, 4) is 0 Å². The minimum absolute atomic E-state index is 0.389. The third-order valence-corrected chi connectivity index (χ3v) is 1.83. The lowest BCUT2D eigenvalue weighted by molar-refractivity contribution is 0.1000. The number of rotatable bonds is 2. The van der Waals surface area contributed by atoms with Gasteiger partial charge in [0.1, 0.15) is 0 Å². The number of primary amides is 1. The molecule has 12 heavy (non-hydrogen) atoms. The van der Waals surface area contributed by atoms with E-state index in [0.717, 1.165) is 5.56 Å². The molecule has 0 aliphatic carbocycles. The normalized spacial score (nSPS) is 10.4. The molecule has 0 atom stereocenters. The molecule has 0 aliphatic rings. The molecule has 3 heteroatoms. The Labute approximate surface area is 84.6 Å². The highest BCUT2D eigenvalue weighted by molar-refractivity contribution is 14.1. The van der Waals surface area contributed by atoms with Crippen LogP contribution in [-0.4, -0.2) is 5.91 Å². The first-order valence-corrected chi connectivity index (χ1v) is 4.66. The van der Waals surface area contributed by atoms with E-state index in [4.69, 9.17) is 5.73 Å². The van der Waals surface area contributed by atoms with Gasteiger partial charge in [0, 0.05) is 5.56 Å². The number of hydrogen-bond donors (Lipinski definition) is 1. The van der Waals surface area contributed by atoms with E-state index in [9.17, 15) is 4.79 Å². The van der Waals surface area contributed by atoms with Gasteiger partial charge >= 0.3 is 0 Å². The standard InChI is InChI=1S/C9H8INO/c10-6-5-7-3-1-2-4-8(7)9(11)12/h1-6H,(H2,11,12)/b6-5-. The highest BCUT2D eigenvalue weighted by Crippen LogP contribution is 2.10. The van der Waals surface area contributed by atoms with Crippen LogP contribution in [0.25, 0.3) is 6.08 Å². The Hall–Kier alpha value is -0.840. The molecule has 0 spiro atoms. The molecule has 0 saturated carbocycles. The largest absolute Gasteiger partial charge is 0.366 e. The van der Waals surface area contributed by atoms with E-state index in [0.29, 0.717) is 5.56 Å². The van der Waals surface area contributed by atoms with Crippen molar-refractivity contribution in [1.29, 1.82) is 0 Å². The summed E-state index contributed by atoms with van der Waals surface area (Å²) in [5, 5.41) is 0. The molecule has 1 rings (SSSR count). The van der Waals surface area contributed by atoms with Gasteiger partial charge in [-0.2, -0.15) is 0 Å². The zero-order valence-electron chi connectivity index (χ0n) is 6.33. The van der Waals surface area contributed by atoms with E-state index in [2.05, 4.69) is 22.6 Å². The Balaban J connectivity index is 3.17. The quantitative estimate of drug-likeness (QED) is 0.825. The minimum atomic E-state index is -0.389. The summed E-state index contributed by atoms with van der Waals surface area (Å²) in [6.45, 7) is 0. The first kappa shape index (κ1) is 9.25. The molecule has 0 radical (unpaired) electrons. The Morgan fingerprint density at radius 2 is 2.08 bits per heavy atom. The summed E-state index contributed by atoms with van der Waals surface area (Å²) in [6, 6.07) is 7.24. The molecule has 0 bridgehead atoms. The summed E-state index contributed by atoms with van der Waals surface area (Å²) < 4.78 is 1.85. The van der Waals surface area contributed by atoms with Crippen molar-refractivity contribution in [3.63, 3.8) is 0 Å². The van der Waals surface area contributed by atoms with E-state index in [-0.39, 0.29) is 5.91 Å². The van der Waals surface area contributed by atoms with Crippen LogP contribution < -0.4 is 5.73 Å². The van der Waals surface area contributed by atoms with Crippen LogP contribution in [0.15, 0.2) is 28.3 Å². The zero-order chi connectivity index (χ0) is 8.97. The molecule has 0 heterocycles. The summed E-state index contributed by atoms with van der Waals surface area (Å²) in [4.78, 5) is 10.9. The maximum absolute atomic E-state index is 10.9. The molecule has 1 amide bonds. The van der Waals surface area contributed by atoms with Crippen LogP contribution in [0.3, 0.4) is 0 Å². The third kappa shape index (κ3) is 2.07. The first-order chi connectivity index (χ1) is 5.75. The van der Waals surface area contributed by atoms with E-state index in [1.165, 1.54) is 0 Å². The summed E-state index contributed by atoms with van der Waals surface area (Å²) >= 11 is 2.10. The Bertz CT molecular complexity index is 320. The first-order valence-electron chi connectivity index (χ1n) is 3.41. The lowest BCUT2D eigenvalue weighted by Crippen LogP contribution is -2.12. The third-order valence-electron chi connectivity index (χ3n) is 1.47. The summed E-state index contributed by atoms with van der Waals surface area (Å²) in [6.07, 6.45) is 1.85. The van der Waals surface area contributed by atoms with Gasteiger partial charge in [0.25, 0.3) is 0 Å². The van der Waals surface area contributed by atoms with Crippen LogP contribution in [-0.2, 0) is 0 Å².